The van der Waals surface area contributed by atoms with Crippen molar-refractivity contribution in [2.75, 3.05) is 0 Å². The summed E-state index contributed by atoms with van der Waals surface area (Å²) in [5.41, 5.74) is -0.276. The maximum atomic E-state index is 13.4. The molecule has 0 saturated heterocycles. The Morgan fingerprint density at radius 1 is 1.41 bits per heavy atom. The first-order chi connectivity index (χ1) is 8.18. The fourth-order valence-electron chi connectivity index (χ4n) is 1.92. The van der Waals surface area contributed by atoms with Gasteiger partial charge in [-0.1, -0.05) is 18.2 Å². The van der Waals surface area contributed by atoms with E-state index < -0.39 is 11.7 Å². The van der Waals surface area contributed by atoms with E-state index in [0.29, 0.717) is 0 Å². The van der Waals surface area contributed by atoms with Gasteiger partial charge in [0, 0.05) is 6.04 Å². The van der Waals surface area contributed by atoms with Crippen LogP contribution < -0.4 is 5.32 Å². The summed E-state index contributed by atoms with van der Waals surface area (Å²) in [7, 11) is 0. The van der Waals surface area contributed by atoms with E-state index in [1.54, 1.807) is 0 Å². The van der Waals surface area contributed by atoms with Crippen LogP contribution in [0.25, 0.3) is 0 Å². The van der Waals surface area contributed by atoms with Gasteiger partial charge >= 0.3 is 0 Å². The van der Waals surface area contributed by atoms with Crippen LogP contribution in [0.3, 0.4) is 0 Å². The van der Waals surface area contributed by atoms with Crippen molar-refractivity contribution >= 4 is 5.91 Å². The number of hydrogen-bond acceptors (Lipinski definition) is 2. The highest BCUT2D eigenvalue weighted by molar-refractivity contribution is 5.97. The third kappa shape index (κ3) is 2.64. The van der Waals surface area contributed by atoms with E-state index in [4.69, 9.17) is 0 Å². The molecule has 0 bridgehead atoms. The van der Waals surface area contributed by atoms with Crippen LogP contribution in [0.5, 0.6) is 5.75 Å². The smallest absolute Gasteiger partial charge is 0.258 e. The van der Waals surface area contributed by atoms with Crippen molar-refractivity contribution in [3.8, 4) is 5.75 Å². The van der Waals surface area contributed by atoms with Crippen LogP contribution in [0.4, 0.5) is 4.39 Å². The van der Waals surface area contributed by atoms with Crippen molar-refractivity contribution in [3.63, 3.8) is 0 Å². The third-order valence-electron chi connectivity index (χ3n) is 2.82. The number of phenolic OH excluding ortho intramolecular Hbond substituents is 1. The van der Waals surface area contributed by atoms with Crippen LogP contribution >= 0.6 is 0 Å². The summed E-state index contributed by atoms with van der Waals surface area (Å²) < 4.78 is 13.4. The SMILES string of the molecule is O=C(N[C@@H]1CC=CCC1)c1c(O)cccc1F. The summed E-state index contributed by atoms with van der Waals surface area (Å²) in [4.78, 5) is 11.8. The molecule has 1 aromatic rings. The van der Waals surface area contributed by atoms with Gasteiger partial charge in [-0.2, -0.15) is 0 Å². The number of carbonyl (C=O) groups is 1. The zero-order valence-electron chi connectivity index (χ0n) is 9.32. The molecule has 0 fully saturated rings. The summed E-state index contributed by atoms with van der Waals surface area (Å²) in [6.45, 7) is 0. The molecular formula is C13H14FNO2. The van der Waals surface area contributed by atoms with Gasteiger partial charge in [-0.25, -0.2) is 4.39 Å². The van der Waals surface area contributed by atoms with Gasteiger partial charge in [-0.3, -0.25) is 4.79 Å². The molecule has 0 radical (unpaired) electrons. The molecule has 2 N–H and O–H groups in total. The molecule has 0 saturated carbocycles. The van der Waals surface area contributed by atoms with Crippen LogP contribution in [-0.4, -0.2) is 17.1 Å². The summed E-state index contributed by atoms with van der Waals surface area (Å²) in [5, 5.41) is 12.2. The molecule has 1 aliphatic rings. The molecule has 3 nitrogen and oxygen atoms in total. The van der Waals surface area contributed by atoms with Crippen LogP contribution in [0, 0.1) is 5.82 Å². The molecule has 0 aromatic heterocycles. The Labute approximate surface area is 99.0 Å². The molecule has 0 spiro atoms. The van der Waals surface area contributed by atoms with E-state index in [1.807, 2.05) is 6.08 Å². The number of phenols is 1. The molecule has 2 rings (SSSR count). The highest BCUT2D eigenvalue weighted by Crippen LogP contribution is 2.20. The minimum Gasteiger partial charge on any atom is -0.507 e. The van der Waals surface area contributed by atoms with Gasteiger partial charge in [0.1, 0.15) is 17.1 Å². The van der Waals surface area contributed by atoms with Crippen molar-refractivity contribution in [1.29, 1.82) is 0 Å². The Bertz CT molecular complexity index is 436. The first kappa shape index (κ1) is 11.6. The van der Waals surface area contributed by atoms with E-state index in [-0.39, 0.29) is 17.4 Å². The van der Waals surface area contributed by atoms with Gasteiger partial charge in [0.15, 0.2) is 0 Å². The number of carbonyl (C=O) groups excluding carboxylic acids is 1. The Hall–Kier alpha value is -1.84. The first-order valence-corrected chi connectivity index (χ1v) is 5.62. The van der Waals surface area contributed by atoms with E-state index in [9.17, 15) is 14.3 Å². The number of amides is 1. The number of aromatic hydroxyl groups is 1. The van der Waals surface area contributed by atoms with Gasteiger partial charge in [0.2, 0.25) is 0 Å². The average molecular weight is 235 g/mol. The summed E-state index contributed by atoms with van der Waals surface area (Å²) >= 11 is 0. The third-order valence-corrected chi connectivity index (χ3v) is 2.82. The summed E-state index contributed by atoms with van der Waals surface area (Å²) in [6, 6.07) is 3.85. The minimum atomic E-state index is -0.700. The molecule has 1 aliphatic carbocycles. The highest BCUT2D eigenvalue weighted by Gasteiger charge is 2.19. The predicted molar refractivity (Wildman–Crippen MR) is 62.3 cm³/mol. The summed E-state index contributed by atoms with van der Waals surface area (Å²) in [6.07, 6.45) is 6.56. The second-order valence-electron chi connectivity index (χ2n) is 4.09. The highest BCUT2D eigenvalue weighted by atomic mass is 19.1. The lowest BCUT2D eigenvalue weighted by molar-refractivity contribution is 0.0927. The second-order valence-corrected chi connectivity index (χ2v) is 4.09. The molecule has 0 aliphatic heterocycles. The zero-order chi connectivity index (χ0) is 12.3. The topological polar surface area (TPSA) is 49.3 Å². The lowest BCUT2D eigenvalue weighted by Gasteiger charge is -2.19. The summed E-state index contributed by atoms with van der Waals surface area (Å²) in [5.74, 6) is -1.58. The van der Waals surface area contributed by atoms with Gasteiger partial charge in [0.05, 0.1) is 0 Å². The lowest BCUT2D eigenvalue weighted by Crippen LogP contribution is -2.35. The maximum absolute atomic E-state index is 13.4. The first-order valence-electron chi connectivity index (χ1n) is 5.62. The molecular weight excluding hydrogens is 221 g/mol. The Morgan fingerprint density at radius 2 is 2.24 bits per heavy atom. The number of nitrogens with one attached hydrogen (secondary N) is 1. The molecule has 1 aromatic carbocycles. The molecule has 17 heavy (non-hydrogen) atoms. The number of halogens is 1. The van der Waals surface area contributed by atoms with Gasteiger partial charge in [0.25, 0.3) is 5.91 Å². The Kier molecular flexibility index (Phi) is 3.42. The number of hydrogen-bond donors (Lipinski definition) is 2. The molecule has 4 heteroatoms. The van der Waals surface area contributed by atoms with E-state index in [2.05, 4.69) is 11.4 Å². The predicted octanol–water partition coefficient (Wildman–Crippen LogP) is 2.37. The normalized spacial score (nSPS) is 19.0. The van der Waals surface area contributed by atoms with E-state index >= 15 is 0 Å². The number of benzene rings is 1. The number of allylic oxidation sites excluding steroid dienone is 1. The zero-order valence-corrected chi connectivity index (χ0v) is 9.32. The van der Waals surface area contributed by atoms with Gasteiger partial charge in [-0.15, -0.1) is 0 Å². The van der Waals surface area contributed by atoms with Crippen LogP contribution in [0.2, 0.25) is 0 Å². The van der Waals surface area contributed by atoms with Crippen molar-refractivity contribution in [2.45, 2.75) is 25.3 Å². The monoisotopic (exact) mass is 235 g/mol. The van der Waals surface area contributed by atoms with Crippen LogP contribution in [-0.2, 0) is 0 Å². The Balaban J connectivity index is 2.11. The quantitative estimate of drug-likeness (QED) is 0.773. The molecule has 90 valence electrons. The Morgan fingerprint density at radius 3 is 2.88 bits per heavy atom. The van der Waals surface area contributed by atoms with E-state index in [1.165, 1.54) is 12.1 Å². The van der Waals surface area contributed by atoms with Crippen LogP contribution in [0.1, 0.15) is 29.6 Å². The largest absolute Gasteiger partial charge is 0.507 e. The van der Waals surface area contributed by atoms with Crippen molar-refractivity contribution in [3.05, 3.63) is 41.7 Å². The molecule has 1 amide bonds. The van der Waals surface area contributed by atoms with Gasteiger partial charge < -0.3 is 10.4 Å². The average Bonchev–Trinajstić information content (AvgIpc) is 2.30. The number of rotatable bonds is 2. The lowest BCUT2D eigenvalue weighted by atomic mass is 10.0. The van der Waals surface area contributed by atoms with Crippen molar-refractivity contribution in [1.82, 2.24) is 5.32 Å². The van der Waals surface area contributed by atoms with Crippen LogP contribution in [0.15, 0.2) is 30.4 Å². The fraction of sp³-hybridized carbons (Fsp3) is 0.308. The molecule has 0 unspecified atom stereocenters. The minimum absolute atomic E-state index is 0.0199. The van der Waals surface area contributed by atoms with E-state index in [0.717, 1.165) is 25.3 Å². The van der Waals surface area contributed by atoms with Crippen molar-refractivity contribution in [2.24, 2.45) is 0 Å². The molecule has 0 heterocycles. The second kappa shape index (κ2) is 4.99. The van der Waals surface area contributed by atoms with Gasteiger partial charge in [-0.05, 0) is 31.4 Å². The molecule has 1 atom stereocenters. The maximum Gasteiger partial charge on any atom is 0.258 e. The standard InChI is InChI=1S/C13H14FNO2/c14-10-7-4-8-11(16)12(10)13(17)15-9-5-2-1-3-6-9/h1-2,4,7-9,16H,3,5-6H2,(H,15,17)/t9-/m1/s1. The van der Waals surface area contributed by atoms with Crippen molar-refractivity contribution < 1.29 is 14.3 Å². The fourth-order valence-corrected chi connectivity index (χ4v) is 1.92.